The second kappa shape index (κ2) is 9.26. The molecule has 0 spiro atoms. The fourth-order valence-electron chi connectivity index (χ4n) is 3.54. The minimum atomic E-state index is 0.0965. The van der Waals surface area contributed by atoms with Gasteiger partial charge >= 0.3 is 0 Å². The van der Waals surface area contributed by atoms with Gasteiger partial charge in [0.05, 0.1) is 19.8 Å². The van der Waals surface area contributed by atoms with Crippen LogP contribution in [-0.2, 0) is 0 Å². The van der Waals surface area contributed by atoms with Crippen LogP contribution in [0.5, 0.6) is 11.5 Å². The summed E-state index contributed by atoms with van der Waals surface area (Å²) in [6, 6.07) is 14.3. The maximum Gasteiger partial charge on any atom is 0.124 e. The maximum absolute atomic E-state index is 6.34. The smallest absolute Gasteiger partial charge is 0.124 e. The molecule has 2 aromatic rings. The lowest BCUT2D eigenvalue weighted by Crippen LogP contribution is -2.33. The van der Waals surface area contributed by atoms with Gasteiger partial charge in [-0.3, -0.25) is 4.90 Å². The molecule has 5 heteroatoms. The van der Waals surface area contributed by atoms with E-state index in [9.17, 15) is 0 Å². The molecule has 1 saturated heterocycles. The van der Waals surface area contributed by atoms with E-state index in [0.717, 1.165) is 54.7 Å². The van der Waals surface area contributed by atoms with Crippen molar-refractivity contribution in [2.45, 2.75) is 19.4 Å². The minimum absolute atomic E-state index is 0.0965. The van der Waals surface area contributed by atoms with Crippen LogP contribution in [-0.4, -0.2) is 44.8 Å². The lowest BCUT2D eigenvalue weighted by Gasteiger charge is -2.32. The second-order valence-corrected chi connectivity index (χ2v) is 6.87. The highest BCUT2D eigenvalue weighted by Crippen LogP contribution is 2.37. The number of benzene rings is 2. The summed E-state index contributed by atoms with van der Waals surface area (Å²) in [4.78, 5) is 2.50. The first-order chi connectivity index (χ1) is 12.7. The lowest BCUT2D eigenvalue weighted by molar-refractivity contribution is 0.236. The summed E-state index contributed by atoms with van der Waals surface area (Å²) in [5, 5.41) is 4.21. The number of methoxy groups -OCH3 is 1. The van der Waals surface area contributed by atoms with Crippen molar-refractivity contribution in [2.24, 2.45) is 0 Å². The molecule has 1 aliphatic rings. The van der Waals surface area contributed by atoms with E-state index in [2.05, 4.69) is 22.3 Å². The summed E-state index contributed by atoms with van der Waals surface area (Å²) in [6.07, 6.45) is 1.12. The minimum Gasteiger partial charge on any atom is -0.496 e. The molecule has 0 aliphatic carbocycles. The third-order valence-electron chi connectivity index (χ3n) is 4.73. The normalized spacial score (nSPS) is 16.7. The second-order valence-electron chi connectivity index (χ2n) is 6.43. The molecule has 1 aliphatic heterocycles. The van der Waals surface area contributed by atoms with Gasteiger partial charge in [0.2, 0.25) is 0 Å². The molecule has 0 bridgehead atoms. The Morgan fingerprint density at radius 3 is 2.65 bits per heavy atom. The Bertz CT molecular complexity index is 698. The van der Waals surface area contributed by atoms with Crippen molar-refractivity contribution >= 4 is 11.6 Å². The van der Waals surface area contributed by atoms with Crippen molar-refractivity contribution < 1.29 is 9.47 Å². The van der Waals surface area contributed by atoms with Crippen LogP contribution in [0.2, 0.25) is 5.02 Å². The molecule has 2 aromatic carbocycles. The van der Waals surface area contributed by atoms with Crippen molar-refractivity contribution in [3.05, 3.63) is 58.6 Å². The SMILES string of the molecule is CCOc1ccc(C(c2cc(Cl)ccc2OC)N2CCCNCC2)cc1. The van der Waals surface area contributed by atoms with Crippen LogP contribution in [0.1, 0.15) is 30.5 Å². The number of hydrogen-bond acceptors (Lipinski definition) is 4. The van der Waals surface area contributed by atoms with E-state index >= 15 is 0 Å². The summed E-state index contributed by atoms with van der Waals surface area (Å²) < 4.78 is 11.3. The molecule has 26 heavy (non-hydrogen) atoms. The molecule has 3 rings (SSSR count). The first kappa shape index (κ1) is 19.0. The quantitative estimate of drug-likeness (QED) is 0.824. The summed E-state index contributed by atoms with van der Waals surface area (Å²) in [6.45, 7) is 6.71. The highest BCUT2D eigenvalue weighted by Gasteiger charge is 2.26. The fraction of sp³-hybridized carbons (Fsp3) is 0.429. The predicted octanol–water partition coefficient (Wildman–Crippen LogP) is 4.13. The fourth-order valence-corrected chi connectivity index (χ4v) is 3.72. The molecule has 1 unspecified atom stereocenters. The Morgan fingerprint density at radius 1 is 1.12 bits per heavy atom. The van der Waals surface area contributed by atoms with Gasteiger partial charge in [0.1, 0.15) is 11.5 Å². The molecule has 1 N–H and O–H groups in total. The van der Waals surface area contributed by atoms with Crippen molar-refractivity contribution in [1.29, 1.82) is 0 Å². The molecule has 0 amide bonds. The highest BCUT2D eigenvalue weighted by atomic mass is 35.5. The zero-order valence-corrected chi connectivity index (χ0v) is 16.3. The molecule has 1 fully saturated rings. The Labute approximate surface area is 161 Å². The van der Waals surface area contributed by atoms with Crippen molar-refractivity contribution in [2.75, 3.05) is 39.9 Å². The van der Waals surface area contributed by atoms with Crippen LogP contribution < -0.4 is 14.8 Å². The molecule has 0 radical (unpaired) electrons. The van der Waals surface area contributed by atoms with Crippen LogP contribution in [0.25, 0.3) is 0 Å². The summed E-state index contributed by atoms with van der Waals surface area (Å²) in [5.41, 5.74) is 2.32. The number of hydrogen-bond donors (Lipinski definition) is 1. The zero-order chi connectivity index (χ0) is 18.4. The van der Waals surface area contributed by atoms with E-state index in [1.54, 1.807) is 7.11 Å². The standard InChI is InChI=1S/C21H27ClN2O2/c1-3-26-18-8-5-16(6-9-18)21(24-13-4-11-23-12-14-24)19-15-17(22)7-10-20(19)25-2/h5-10,15,21,23H,3-4,11-14H2,1-2H3. The van der Waals surface area contributed by atoms with Crippen molar-refractivity contribution in [3.63, 3.8) is 0 Å². The molecular formula is C21H27ClN2O2. The summed E-state index contributed by atoms with van der Waals surface area (Å²) in [7, 11) is 1.71. The van der Waals surface area contributed by atoms with E-state index in [4.69, 9.17) is 21.1 Å². The monoisotopic (exact) mass is 374 g/mol. The molecule has 0 saturated carbocycles. The van der Waals surface area contributed by atoms with Gasteiger partial charge in [-0.15, -0.1) is 0 Å². The van der Waals surface area contributed by atoms with Crippen LogP contribution in [0.4, 0.5) is 0 Å². The Morgan fingerprint density at radius 2 is 1.92 bits per heavy atom. The molecule has 140 valence electrons. The topological polar surface area (TPSA) is 33.7 Å². The third-order valence-corrected chi connectivity index (χ3v) is 4.97. The van der Waals surface area contributed by atoms with Crippen LogP contribution in [0.15, 0.2) is 42.5 Å². The van der Waals surface area contributed by atoms with E-state index in [0.29, 0.717) is 6.61 Å². The molecule has 4 nitrogen and oxygen atoms in total. The van der Waals surface area contributed by atoms with Crippen molar-refractivity contribution in [3.8, 4) is 11.5 Å². The average molecular weight is 375 g/mol. The largest absolute Gasteiger partial charge is 0.496 e. The van der Waals surface area contributed by atoms with Crippen LogP contribution in [0.3, 0.4) is 0 Å². The van der Waals surface area contributed by atoms with Gasteiger partial charge in [-0.1, -0.05) is 23.7 Å². The molecule has 1 heterocycles. The molecular weight excluding hydrogens is 348 g/mol. The van der Waals surface area contributed by atoms with Gasteiger partial charge in [-0.2, -0.15) is 0 Å². The van der Waals surface area contributed by atoms with Crippen LogP contribution in [0, 0.1) is 0 Å². The Hall–Kier alpha value is -1.75. The summed E-state index contributed by atoms with van der Waals surface area (Å²) in [5.74, 6) is 1.76. The Balaban J connectivity index is 2.02. The zero-order valence-electron chi connectivity index (χ0n) is 15.5. The average Bonchev–Trinajstić information content (AvgIpc) is 2.93. The van der Waals surface area contributed by atoms with E-state index < -0.39 is 0 Å². The number of ether oxygens (including phenoxy) is 2. The first-order valence-corrected chi connectivity index (χ1v) is 9.61. The lowest BCUT2D eigenvalue weighted by atomic mass is 9.95. The van der Waals surface area contributed by atoms with Crippen molar-refractivity contribution in [1.82, 2.24) is 10.2 Å². The van der Waals surface area contributed by atoms with Gasteiger partial charge < -0.3 is 14.8 Å². The van der Waals surface area contributed by atoms with Gasteiger partial charge in [-0.05, 0) is 55.8 Å². The first-order valence-electron chi connectivity index (χ1n) is 9.24. The third kappa shape index (κ3) is 4.50. The number of rotatable bonds is 6. The Kier molecular flexibility index (Phi) is 6.78. The highest BCUT2D eigenvalue weighted by molar-refractivity contribution is 6.30. The van der Waals surface area contributed by atoms with E-state index in [1.807, 2.05) is 37.3 Å². The summed E-state index contributed by atoms with van der Waals surface area (Å²) >= 11 is 6.34. The number of nitrogens with zero attached hydrogens (tertiary/aromatic N) is 1. The number of halogens is 1. The number of nitrogens with one attached hydrogen (secondary N) is 1. The predicted molar refractivity (Wildman–Crippen MR) is 107 cm³/mol. The van der Waals surface area contributed by atoms with E-state index in [1.165, 1.54) is 5.56 Å². The van der Waals surface area contributed by atoms with Gasteiger partial charge in [0, 0.05) is 30.2 Å². The molecule has 1 atom stereocenters. The van der Waals surface area contributed by atoms with E-state index in [-0.39, 0.29) is 6.04 Å². The van der Waals surface area contributed by atoms with Gasteiger partial charge in [0.25, 0.3) is 0 Å². The maximum atomic E-state index is 6.34. The van der Waals surface area contributed by atoms with Gasteiger partial charge in [0.15, 0.2) is 0 Å². The molecule has 0 aromatic heterocycles. The van der Waals surface area contributed by atoms with Crippen LogP contribution >= 0.6 is 11.6 Å². The van der Waals surface area contributed by atoms with Gasteiger partial charge in [-0.25, -0.2) is 0 Å².